The van der Waals surface area contributed by atoms with Crippen LogP contribution in [0.4, 0.5) is 11.4 Å². The number of nitro benzene ring substituents is 1. The molecule has 1 aliphatic heterocycles. The highest BCUT2D eigenvalue weighted by atomic mass is 16.6. The summed E-state index contributed by atoms with van der Waals surface area (Å²) in [6.07, 6.45) is 2.17. The molecule has 3 N–H and O–H groups in total. The fourth-order valence-corrected chi connectivity index (χ4v) is 2.66. The van der Waals surface area contributed by atoms with Gasteiger partial charge in [0, 0.05) is 30.8 Å². The topological polar surface area (TPSA) is 102 Å². The minimum Gasteiger partial charge on any atom is -0.366 e. The van der Waals surface area contributed by atoms with E-state index in [1.54, 1.807) is 0 Å². The number of anilines is 1. The lowest BCUT2D eigenvalue weighted by Gasteiger charge is -2.26. The maximum Gasteiger partial charge on any atom is 0.292 e. The van der Waals surface area contributed by atoms with E-state index in [4.69, 9.17) is 5.73 Å². The van der Waals surface area contributed by atoms with Crippen molar-refractivity contribution in [3.8, 4) is 0 Å². The largest absolute Gasteiger partial charge is 0.366 e. The summed E-state index contributed by atoms with van der Waals surface area (Å²) in [4.78, 5) is 24.0. The van der Waals surface area contributed by atoms with Gasteiger partial charge < -0.3 is 16.0 Å². The molecule has 7 heteroatoms. The standard InChI is InChI=1S/C14H20N4O3/c1-2-17(9-11-4-3-7-16-11)13-8-10(14(15)19)5-6-12(13)18(20)21/h5-6,8,11,16H,2-4,7,9H2,1H3,(H2,15,19). The number of hydrogen-bond donors (Lipinski definition) is 2. The number of carbonyl (C=O) groups is 1. The van der Waals surface area contributed by atoms with Gasteiger partial charge in [-0.1, -0.05) is 0 Å². The molecule has 1 unspecified atom stereocenters. The predicted octanol–water partition coefficient (Wildman–Crippen LogP) is 1.27. The van der Waals surface area contributed by atoms with E-state index in [-0.39, 0.29) is 11.3 Å². The molecule has 0 spiro atoms. The second-order valence-electron chi connectivity index (χ2n) is 5.16. The van der Waals surface area contributed by atoms with E-state index in [1.165, 1.54) is 18.2 Å². The highest BCUT2D eigenvalue weighted by molar-refractivity contribution is 5.94. The number of hydrogen-bond acceptors (Lipinski definition) is 5. The minimum absolute atomic E-state index is 0.000142. The lowest BCUT2D eigenvalue weighted by Crippen LogP contribution is -2.38. The molecule has 1 aliphatic rings. The molecule has 0 aromatic heterocycles. The maximum absolute atomic E-state index is 11.3. The first kappa shape index (κ1) is 15.2. The lowest BCUT2D eigenvalue weighted by molar-refractivity contribution is -0.384. The molecule has 1 saturated heterocycles. The molecule has 0 radical (unpaired) electrons. The molecule has 7 nitrogen and oxygen atoms in total. The summed E-state index contributed by atoms with van der Waals surface area (Å²) in [7, 11) is 0. The van der Waals surface area contributed by atoms with Gasteiger partial charge in [-0.2, -0.15) is 0 Å². The Morgan fingerprint density at radius 2 is 2.33 bits per heavy atom. The van der Waals surface area contributed by atoms with Gasteiger partial charge in [-0.3, -0.25) is 14.9 Å². The molecule has 1 heterocycles. The van der Waals surface area contributed by atoms with Crippen LogP contribution in [0.3, 0.4) is 0 Å². The molecule has 0 aliphatic carbocycles. The summed E-state index contributed by atoms with van der Waals surface area (Å²) in [6, 6.07) is 4.58. The second-order valence-corrected chi connectivity index (χ2v) is 5.16. The van der Waals surface area contributed by atoms with Gasteiger partial charge in [-0.15, -0.1) is 0 Å². The lowest BCUT2D eigenvalue weighted by atomic mass is 10.1. The van der Waals surface area contributed by atoms with Crippen molar-refractivity contribution in [2.24, 2.45) is 5.73 Å². The van der Waals surface area contributed by atoms with Gasteiger partial charge in [0.2, 0.25) is 5.91 Å². The maximum atomic E-state index is 11.3. The van der Waals surface area contributed by atoms with Crippen LogP contribution in [0.1, 0.15) is 30.1 Å². The van der Waals surface area contributed by atoms with E-state index in [9.17, 15) is 14.9 Å². The molecule has 1 aromatic carbocycles. The molecule has 2 rings (SSSR count). The Morgan fingerprint density at radius 3 is 2.86 bits per heavy atom. The molecular weight excluding hydrogens is 272 g/mol. The normalized spacial score (nSPS) is 17.7. The van der Waals surface area contributed by atoms with Crippen molar-refractivity contribution in [1.82, 2.24) is 5.32 Å². The first-order valence-corrected chi connectivity index (χ1v) is 7.09. The zero-order valence-electron chi connectivity index (χ0n) is 12.0. The molecular formula is C14H20N4O3. The predicted molar refractivity (Wildman–Crippen MR) is 80.5 cm³/mol. The van der Waals surface area contributed by atoms with E-state index in [1.807, 2.05) is 11.8 Å². The Kier molecular flexibility index (Phi) is 4.74. The third-order valence-electron chi connectivity index (χ3n) is 3.78. The third kappa shape index (κ3) is 3.49. The zero-order chi connectivity index (χ0) is 15.4. The fraction of sp³-hybridized carbons (Fsp3) is 0.500. The average molecular weight is 292 g/mol. The van der Waals surface area contributed by atoms with Crippen LogP contribution in [0, 0.1) is 10.1 Å². The Hall–Kier alpha value is -2.15. The van der Waals surface area contributed by atoms with Crippen molar-refractivity contribution >= 4 is 17.3 Å². The van der Waals surface area contributed by atoms with Crippen LogP contribution >= 0.6 is 0 Å². The average Bonchev–Trinajstić information content (AvgIpc) is 2.96. The highest BCUT2D eigenvalue weighted by Crippen LogP contribution is 2.29. The minimum atomic E-state index is -0.582. The van der Waals surface area contributed by atoms with Crippen molar-refractivity contribution in [2.75, 3.05) is 24.5 Å². The number of benzene rings is 1. The first-order valence-electron chi connectivity index (χ1n) is 7.09. The van der Waals surface area contributed by atoms with Gasteiger partial charge in [0.1, 0.15) is 5.69 Å². The molecule has 0 saturated carbocycles. The summed E-state index contributed by atoms with van der Waals surface area (Å²) in [5, 5.41) is 14.6. The van der Waals surface area contributed by atoms with E-state index < -0.39 is 10.8 Å². The molecule has 0 bridgehead atoms. The van der Waals surface area contributed by atoms with Crippen LogP contribution in [-0.4, -0.2) is 36.5 Å². The number of nitro groups is 1. The van der Waals surface area contributed by atoms with E-state index in [0.29, 0.717) is 24.8 Å². The van der Waals surface area contributed by atoms with E-state index in [0.717, 1.165) is 19.4 Å². The number of likely N-dealkylation sites (N-methyl/N-ethyl adjacent to an activating group) is 1. The Morgan fingerprint density at radius 1 is 1.57 bits per heavy atom. The first-order chi connectivity index (χ1) is 10.0. The van der Waals surface area contributed by atoms with Crippen molar-refractivity contribution in [1.29, 1.82) is 0 Å². The molecule has 114 valence electrons. The number of amides is 1. The Labute approximate surface area is 123 Å². The Balaban J connectivity index is 2.33. The summed E-state index contributed by atoms with van der Waals surface area (Å²) >= 11 is 0. The summed E-state index contributed by atoms with van der Waals surface area (Å²) in [5.74, 6) is -0.582. The second kappa shape index (κ2) is 6.53. The van der Waals surface area contributed by atoms with Crippen molar-refractivity contribution < 1.29 is 9.72 Å². The molecule has 1 amide bonds. The van der Waals surface area contributed by atoms with E-state index >= 15 is 0 Å². The SMILES string of the molecule is CCN(CC1CCCN1)c1cc(C(N)=O)ccc1[N+](=O)[O-]. The van der Waals surface area contributed by atoms with Crippen LogP contribution in [-0.2, 0) is 0 Å². The van der Waals surface area contributed by atoms with Crippen molar-refractivity contribution in [2.45, 2.75) is 25.8 Å². The van der Waals surface area contributed by atoms with Crippen molar-refractivity contribution in [3.05, 3.63) is 33.9 Å². The Bertz CT molecular complexity index is 541. The van der Waals surface area contributed by atoms with Crippen molar-refractivity contribution in [3.63, 3.8) is 0 Å². The van der Waals surface area contributed by atoms with Crippen LogP contribution < -0.4 is 16.0 Å². The quantitative estimate of drug-likeness (QED) is 0.607. The smallest absolute Gasteiger partial charge is 0.292 e. The third-order valence-corrected chi connectivity index (χ3v) is 3.78. The van der Waals surface area contributed by atoms with Crippen LogP contribution in [0.25, 0.3) is 0 Å². The van der Waals surface area contributed by atoms with Crippen LogP contribution in [0.15, 0.2) is 18.2 Å². The summed E-state index contributed by atoms with van der Waals surface area (Å²) in [5.41, 5.74) is 6.01. The summed E-state index contributed by atoms with van der Waals surface area (Å²) in [6.45, 7) is 4.22. The zero-order valence-corrected chi connectivity index (χ0v) is 12.0. The van der Waals surface area contributed by atoms with Gasteiger partial charge in [0.15, 0.2) is 0 Å². The number of nitrogens with two attached hydrogens (primary N) is 1. The molecule has 21 heavy (non-hydrogen) atoms. The van der Waals surface area contributed by atoms with Gasteiger partial charge in [0.25, 0.3) is 5.69 Å². The molecule has 1 fully saturated rings. The van der Waals surface area contributed by atoms with Crippen LogP contribution in [0.5, 0.6) is 0 Å². The number of rotatable bonds is 6. The number of primary amides is 1. The fourth-order valence-electron chi connectivity index (χ4n) is 2.66. The number of nitrogens with zero attached hydrogens (tertiary/aromatic N) is 2. The van der Waals surface area contributed by atoms with Gasteiger partial charge in [-0.05, 0) is 38.4 Å². The molecule has 1 atom stereocenters. The molecule has 1 aromatic rings. The van der Waals surface area contributed by atoms with E-state index in [2.05, 4.69) is 5.32 Å². The van der Waals surface area contributed by atoms with Gasteiger partial charge in [0.05, 0.1) is 4.92 Å². The van der Waals surface area contributed by atoms with Gasteiger partial charge in [-0.25, -0.2) is 0 Å². The highest BCUT2D eigenvalue weighted by Gasteiger charge is 2.24. The number of nitrogens with one attached hydrogen (secondary N) is 1. The van der Waals surface area contributed by atoms with Gasteiger partial charge >= 0.3 is 0 Å². The summed E-state index contributed by atoms with van der Waals surface area (Å²) < 4.78 is 0. The monoisotopic (exact) mass is 292 g/mol. The number of carbonyl (C=O) groups excluding carboxylic acids is 1. The van der Waals surface area contributed by atoms with Crippen LogP contribution in [0.2, 0.25) is 0 Å².